The lowest BCUT2D eigenvalue weighted by atomic mass is 10.2. The second-order valence-electron chi connectivity index (χ2n) is 3.68. The predicted molar refractivity (Wildman–Crippen MR) is 55.8 cm³/mol. The number of aliphatic imine (C=N–C) groups is 1. The van der Waals surface area contributed by atoms with Crippen molar-refractivity contribution in [1.82, 2.24) is 0 Å². The normalized spacial score (nSPS) is 25.0. The van der Waals surface area contributed by atoms with Crippen LogP contribution in [0.15, 0.2) is 17.6 Å². The van der Waals surface area contributed by atoms with Crippen LogP contribution in [0.4, 0.5) is 0 Å². The van der Waals surface area contributed by atoms with Crippen LogP contribution in [0.3, 0.4) is 0 Å². The molecule has 0 saturated heterocycles. The van der Waals surface area contributed by atoms with Gasteiger partial charge in [-0.3, -0.25) is 0 Å². The molecule has 5 heteroatoms. The fourth-order valence-corrected chi connectivity index (χ4v) is 1.69. The molecule has 1 atom stereocenters. The quantitative estimate of drug-likeness (QED) is 0.393. The maximum Gasteiger partial charge on any atom is 0.362 e. The molecule has 0 aromatic carbocycles. The molecule has 1 rings (SSSR count). The van der Waals surface area contributed by atoms with Gasteiger partial charge < -0.3 is 5.11 Å². The lowest BCUT2D eigenvalue weighted by Crippen LogP contribution is -2.50. The van der Waals surface area contributed by atoms with Gasteiger partial charge in [-0.15, -0.1) is 11.2 Å². The number of carboxylic acid groups (broad SMARTS) is 1. The molecular weight excluding hydrogens is 196 g/mol. The van der Waals surface area contributed by atoms with Gasteiger partial charge in [0.1, 0.15) is 6.54 Å². The van der Waals surface area contributed by atoms with Crippen LogP contribution in [0.2, 0.25) is 0 Å². The lowest BCUT2D eigenvalue weighted by Gasteiger charge is -2.23. The predicted octanol–water partition coefficient (Wildman–Crippen LogP) is 1.05. The standard InChI is InChI=1S/C10H16N2O3/c1-2-3-4-5-9-11-6-7-12(9,15)8-10(13)14/h2,15H,1,3-8H2/p+1. The Balaban J connectivity index is 2.54. The first-order chi connectivity index (χ1) is 7.08. The molecule has 0 fully saturated rings. The number of amidine groups is 1. The summed E-state index contributed by atoms with van der Waals surface area (Å²) in [5.74, 6) is -0.421. The second kappa shape index (κ2) is 5.04. The summed E-state index contributed by atoms with van der Waals surface area (Å²) in [6.45, 7) is 4.19. The molecule has 1 heterocycles. The van der Waals surface area contributed by atoms with E-state index in [1.54, 1.807) is 6.08 Å². The highest BCUT2D eigenvalue weighted by Crippen LogP contribution is 2.16. The van der Waals surface area contributed by atoms with Crippen LogP contribution in [0.1, 0.15) is 19.3 Å². The maximum atomic E-state index is 10.6. The third kappa shape index (κ3) is 3.14. The molecule has 1 unspecified atom stereocenters. The molecule has 0 radical (unpaired) electrons. The first-order valence-corrected chi connectivity index (χ1v) is 5.05. The monoisotopic (exact) mass is 213 g/mol. The number of unbranched alkanes of at least 4 members (excludes halogenated alkanes) is 1. The zero-order valence-electron chi connectivity index (χ0n) is 8.72. The van der Waals surface area contributed by atoms with Gasteiger partial charge in [0, 0.05) is 6.42 Å². The number of hydrogen-bond acceptors (Lipinski definition) is 3. The van der Waals surface area contributed by atoms with Crippen LogP contribution in [0, 0.1) is 0 Å². The first-order valence-electron chi connectivity index (χ1n) is 5.05. The highest BCUT2D eigenvalue weighted by atomic mass is 16.6. The van der Waals surface area contributed by atoms with Crippen LogP contribution in [-0.4, -0.2) is 46.4 Å². The van der Waals surface area contributed by atoms with Crippen molar-refractivity contribution in [3.05, 3.63) is 12.7 Å². The van der Waals surface area contributed by atoms with E-state index in [2.05, 4.69) is 11.6 Å². The summed E-state index contributed by atoms with van der Waals surface area (Å²) < 4.78 is -0.521. The number of hydroxylamine groups is 3. The molecule has 0 saturated carbocycles. The van der Waals surface area contributed by atoms with Gasteiger partial charge in [0.25, 0.3) is 0 Å². The van der Waals surface area contributed by atoms with Crippen molar-refractivity contribution in [2.75, 3.05) is 19.6 Å². The average molecular weight is 213 g/mol. The minimum Gasteiger partial charge on any atom is -0.477 e. The van der Waals surface area contributed by atoms with Crippen LogP contribution in [0.25, 0.3) is 0 Å². The van der Waals surface area contributed by atoms with Crippen molar-refractivity contribution in [3.8, 4) is 0 Å². The molecule has 0 aromatic heterocycles. The summed E-state index contributed by atoms with van der Waals surface area (Å²) in [4.78, 5) is 14.7. The molecule has 0 bridgehead atoms. The van der Waals surface area contributed by atoms with Crippen LogP contribution >= 0.6 is 0 Å². The summed E-state index contributed by atoms with van der Waals surface area (Å²) >= 11 is 0. The molecule has 1 aliphatic heterocycles. The van der Waals surface area contributed by atoms with E-state index >= 15 is 0 Å². The molecular formula is C10H17N2O3+. The van der Waals surface area contributed by atoms with Gasteiger partial charge in [0.05, 0.1) is 6.54 Å². The van der Waals surface area contributed by atoms with Gasteiger partial charge in [-0.05, 0) is 12.8 Å². The third-order valence-corrected chi connectivity index (χ3v) is 2.45. The summed E-state index contributed by atoms with van der Waals surface area (Å²) in [5, 5.41) is 18.7. The largest absolute Gasteiger partial charge is 0.477 e. The zero-order chi connectivity index (χ0) is 11.3. The van der Waals surface area contributed by atoms with E-state index in [0.29, 0.717) is 25.3 Å². The molecule has 0 spiro atoms. The van der Waals surface area contributed by atoms with Gasteiger partial charge in [-0.2, -0.15) is 0 Å². The van der Waals surface area contributed by atoms with E-state index in [1.165, 1.54) is 0 Å². The van der Waals surface area contributed by atoms with Crippen molar-refractivity contribution < 1.29 is 19.8 Å². The number of carboxylic acids is 1. The van der Waals surface area contributed by atoms with Gasteiger partial charge in [0.2, 0.25) is 12.4 Å². The minimum absolute atomic E-state index is 0.299. The molecule has 0 amide bonds. The number of aliphatic carboxylic acids is 1. The molecule has 0 aromatic rings. The Kier molecular flexibility index (Phi) is 3.99. The topological polar surface area (TPSA) is 69.9 Å². The summed E-state index contributed by atoms with van der Waals surface area (Å²) in [7, 11) is 0. The minimum atomic E-state index is -1.00. The van der Waals surface area contributed by atoms with Crippen LogP contribution < -0.4 is 0 Å². The van der Waals surface area contributed by atoms with Crippen molar-refractivity contribution in [2.45, 2.75) is 19.3 Å². The van der Waals surface area contributed by atoms with Crippen molar-refractivity contribution in [3.63, 3.8) is 0 Å². The summed E-state index contributed by atoms with van der Waals surface area (Å²) in [5.41, 5.74) is 0. The number of nitrogens with zero attached hydrogens (tertiary/aromatic N) is 2. The highest BCUT2D eigenvalue weighted by Gasteiger charge is 2.39. The van der Waals surface area contributed by atoms with E-state index in [4.69, 9.17) is 5.11 Å². The van der Waals surface area contributed by atoms with E-state index in [0.717, 1.165) is 12.8 Å². The van der Waals surface area contributed by atoms with Gasteiger partial charge >= 0.3 is 5.97 Å². The van der Waals surface area contributed by atoms with Gasteiger partial charge in [-0.25, -0.2) is 15.0 Å². The van der Waals surface area contributed by atoms with E-state index < -0.39 is 10.6 Å². The van der Waals surface area contributed by atoms with Crippen molar-refractivity contribution >= 4 is 11.8 Å². The van der Waals surface area contributed by atoms with E-state index in [1.807, 2.05) is 0 Å². The molecule has 1 aliphatic rings. The van der Waals surface area contributed by atoms with E-state index in [9.17, 15) is 10.0 Å². The molecule has 84 valence electrons. The number of rotatable bonds is 6. The Morgan fingerprint density at radius 2 is 2.40 bits per heavy atom. The highest BCUT2D eigenvalue weighted by molar-refractivity contribution is 5.79. The number of carbonyl (C=O) groups is 1. The Hall–Kier alpha value is -1.20. The van der Waals surface area contributed by atoms with Crippen molar-refractivity contribution in [1.29, 1.82) is 0 Å². The molecule has 5 nitrogen and oxygen atoms in total. The molecule has 0 aliphatic carbocycles. The number of quaternary nitrogens is 1. The molecule has 15 heavy (non-hydrogen) atoms. The van der Waals surface area contributed by atoms with Gasteiger partial charge in [0.15, 0.2) is 0 Å². The Labute approximate surface area is 88.9 Å². The lowest BCUT2D eigenvalue weighted by molar-refractivity contribution is -1.02. The Morgan fingerprint density at radius 3 is 3.00 bits per heavy atom. The third-order valence-electron chi connectivity index (χ3n) is 2.45. The van der Waals surface area contributed by atoms with Crippen molar-refractivity contribution in [2.24, 2.45) is 4.99 Å². The first kappa shape index (κ1) is 11.9. The molecule has 2 N–H and O–H groups in total. The zero-order valence-corrected chi connectivity index (χ0v) is 8.72. The average Bonchev–Trinajstić information content (AvgIpc) is 2.47. The van der Waals surface area contributed by atoms with Crippen LogP contribution in [0.5, 0.6) is 0 Å². The maximum absolute atomic E-state index is 10.6. The van der Waals surface area contributed by atoms with E-state index in [-0.39, 0.29) is 6.54 Å². The second-order valence-corrected chi connectivity index (χ2v) is 3.68. The van der Waals surface area contributed by atoms with Gasteiger partial charge in [-0.1, -0.05) is 6.08 Å². The summed E-state index contributed by atoms with van der Waals surface area (Å²) in [6.07, 6.45) is 4.14. The smallest absolute Gasteiger partial charge is 0.362 e. The Bertz CT molecular complexity index is 288. The number of allylic oxidation sites excluding steroid dienone is 1. The fourth-order valence-electron chi connectivity index (χ4n) is 1.69. The summed E-state index contributed by atoms with van der Waals surface area (Å²) in [6, 6.07) is 0. The Morgan fingerprint density at radius 1 is 1.67 bits per heavy atom. The number of hydrogen-bond donors (Lipinski definition) is 2. The fraction of sp³-hybridized carbons (Fsp3) is 0.600. The van der Waals surface area contributed by atoms with Crippen LogP contribution in [-0.2, 0) is 4.79 Å². The SMILES string of the molecule is C=CCCCC1=NCC[N+]1(O)CC(=O)O.